The molecule has 0 bridgehead atoms. The van der Waals surface area contributed by atoms with Crippen molar-refractivity contribution in [1.29, 1.82) is 0 Å². The van der Waals surface area contributed by atoms with Crippen LogP contribution in [0.25, 0.3) is 5.69 Å². The Morgan fingerprint density at radius 2 is 2.06 bits per heavy atom. The smallest absolute Gasteiger partial charge is 0.407 e. The molecular formula is C23H20N6O7. The molecule has 13 nitrogen and oxygen atoms in total. The predicted molar refractivity (Wildman–Crippen MR) is 127 cm³/mol. The summed E-state index contributed by atoms with van der Waals surface area (Å²) >= 11 is 0. The SMILES string of the molecule is O=CC1Nc2cc([N+](=O)[O-])c(-n3cnc(COC(=O)NCCc4ccccc4)c3)cc2N=C1C(=O)O. The Kier molecular flexibility index (Phi) is 6.99. The first kappa shape index (κ1) is 24.1. The van der Waals surface area contributed by atoms with E-state index in [0.29, 0.717) is 24.9 Å². The quantitative estimate of drug-likeness (QED) is 0.230. The van der Waals surface area contributed by atoms with Crippen LogP contribution in [0.15, 0.2) is 60.0 Å². The summed E-state index contributed by atoms with van der Waals surface area (Å²) in [6.07, 6.45) is 3.11. The predicted octanol–water partition coefficient (Wildman–Crippen LogP) is 2.40. The number of nitro benzene ring substituents is 1. The Morgan fingerprint density at radius 1 is 1.28 bits per heavy atom. The number of nitrogens with one attached hydrogen (secondary N) is 2. The van der Waals surface area contributed by atoms with Crippen molar-refractivity contribution in [2.45, 2.75) is 19.1 Å². The van der Waals surface area contributed by atoms with Gasteiger partial charge in [0.15, 0.2) is 5.71 Å². The number of imidazole rings is 1. The van der Waals surface area contributed by atoms with Crippen LogP contribution in [0, 0.1) is 10.1 Å². The molecule has 1 aliphatic rings. The summed E-state index contributed by atoms with van der Waals surface area (Å²) in [5, 5.41) is 26.3. The number of rotatable bonds is 9. The highest BCUT2D eigenvalue weighted by atomic mass is 16.6. The molecule has 1 aromatic heterocycles. The van der Waals surface area contributed by atoms with E-state index < -0.39 is 28.7 Å². The van der Waals surface area contributed by atoms with E-state index in [-0.39, 0.29) is 29.4 Å². The molecule has 1 aliphatic heterocycles. The molecule has 0 saturated heterocycles. The zero-order chi connectivity index (χ0) is 25.7. The number of carboxylic acids is 1. The number of benzene rings is 2. The Bertz CT molecular complexity index is 1350. The third-order valence-corrected chi connectivity index (χ3v) is 5.28. The van der Waals surface area contributed by atoms with Gasteiger partial charge < -0.3 is 25.3 Å². The number of carbonyl (C=O) groups is 3. The molecule has 0 radical (unpaired) electrons. The molecule has 0 aliphatic carbocycles. The first-order valence-electron chi connectivity index (χ1n) is 10.7. The van der Waals surface area contributed by atoms with Gasteiger partial charge in [-0.2, -0.15) is 0 Å². The van der Waals surface area contributed by atoms with Crippen LogP contribution < -0.4 is 10.6 Å². The number of amides is 1. The fourth-order valence-electron chi connectivity index (χ4n) is 3.56. The minimum Gasteiger partial charge on any atom is -0.477 e. The number of aromatic nitrogens is 2. The van der Waals surface area contributed by atoms with Crippen molar-refractivity contribution in [2.75, 3.05) is 11.9 Å². The Morgan fingerprint density at radius 3 is 2.75 bits per heavy atom. The number of aldehydes is 1. The lowest BCUT2D eigenvalue weighted by Crippen LogP contribution is -2.38. The number of ether oxygens (including phenoxy) is 1. The van der Waals surface area contributed by atoms with Gasteiger partial charge >= 0.3 is 12.1 Å². The Hall–Kier alpha value is -5.07. The van der Waals surface area contributed by atoms with Crippen LogP contribution in [0.3, 0.4) is 0 Å². The summed E-state index contributed by atoms with van der Waals surface area (Å²) in [6.45, 7) is 0.212. The number of aliphatic carboxylic acids is 1. The standard InChI is InChI=1S/C23H20N6O7/c30-11-18-21(22(31)32)27-17-8-19(20(29(34)35)9-16(17)26-18)28-10-15(25-13-28)12-36-23(33)24-7-6-14-4-2-1-3-5-14/h1-5,8-11,13,18,26H,6-7,12H2,(H,24,33)(H,31,32). The molecule has 13 heteroatoms. The normalized spacial score (nSPS) is 14.1. The maximum absolute atomic E-state index is 12.0. The van der Waals surface area contributed by atoms with Crippen molar-refractivity contribution in [1.82, 2.24) is 14.9 Å². The van der Waals surface area contributed by atoms with Gasteiger partial charge in [-0.1, -0.05) is 30.3 Å². The minimum atomic E-state index is -1.39. The average molecular weight is 492 g/mol. The Labute approximate surface area is 203 Å². The molecule has 3 aromatic rings. The summed E-state index contributed by atoms with van der Waals surface area (Å²) in [4.78, 5) is 53.8. The number of nitro groups is 1. The van der Waals surface area contributed by atoms with Gasteiger partial charge in [-0.3, -0.25) is 14.7 Å². The zero-order valence-electron chi connectivity index (χ0n) is 18.7. The summed E-state index contributed by atoms with van der Waals surface area (Å²) in [5.41, 5.74) is 0.941. The van der Waals surface area contributed by atoms with E-state index in [1.807, 2.05) is 30.3 Å². The number of hydrogen-bond acceptors (Lipinski definition) is 9. The highest BCUT2D eigenvalue weighted by molar-refractivity contribution is 6.42. The molecule has 2 aromatic carbocycles. The lowest BCUT2D eigenvalue weighted by Gasteiger charge is -2.21. The molecular weight excluding hydrogens is 472 g/mol. The minimum absolute atomic E-state index is 0.0599. The lowest BCUT2D eigenvalue weighted by molar-refractivity contribution is -0.384. The number of carbonyl (C=O) groups excluding carboxylic acids is 2. The Balaban J connectivity index is 1.47. The average Bonchev–Trinajstić information content (AvgIpc) is 3.35. The molecule has 4 rings (SSSR count). The number of aliphatic imine (C=N–C) groups is 1. The molecule has 2 heterocycles. The van der Waals surface area contributed by atoms with E-state index in [1.54, 1.807) is 0 Å². The van der Waals surface area contributed by atoms with E-state index in [9.17, 15) is 29.6 Å². The molecule has 3 N–H and O–H groups in total. The number of hydrogen-bond donors (Lipinski definition) is 3. The molecule has 36 heavy (non-hydrogen) atoms. The van der Waals surface area contributed by atoms with Gasteiger partial charge in [0.05, 0.1) is 28.3 Å². The second kappa shape index (κ2) is 10.5. The van der Waals surface area contributed by atoms with Gasteiger partial charge in [0.1, 0.15) is 24.6 Å². The van der Waals surface area contributed by atoms with Crippen LogP contribution in [0.2, 0.25) is 0 Å². The first-order valence-corrected chi connectivity index (χ1v) is 10.7. The second-order valence-corrected chi connectivity index (χ2v) is 7.69. The largest absolute Gasteiger partial charge is 0.477 e. The van der Waals surface area contributed by atoms with Crippen molar-refractivity contribution in [2.24, 2.45) is 4.99 Å². The second-order valence-electron chi connectivity index (χ2n) is 7.69. The maximum atomic E-state index is 12.0. The van der Waals surface area contributed by atoms with Crippen molar-refractivity contribution >= 4 is 41.1 Å². The summed E-state index contributed by atoms with van der Waals surface area (Å²) in [7, 11) is 0. The van der Waals surface area contributed by atoms with Crippen LogP contribution in [0.1, 0.15) is 11.3 Å². The molecule has 0 saturated carbocycles. The molecule has 184 valence electrons. The third kappa shape index (κ3) is 5.35. The lowest BCUT2D eigenvalue weighted by atomic mass is 10.1. The highest BCUT2D eigenvalue weighted by Crippen LogP contribution is 2.38. The molecule has 0 fully saturated rings. The van der Waals surface area contributed by atoms with E-state index >= 15 is 0 Å². The van der Waals surface area contributed by atoms with Gasteiger partial charge in [-0.25, -0.2) is 19.6 Å². The van der Waals surface area contributed by atoms with Crippen LogP contribution in [-0.2, 0) is 27.4 Å². The summed E-state index contributed by atoms with van der Waals surface area (Å²) in [6, 6.07) is 10.9. The highest BCUT2D eigenvalue weighted by Gasteiger charge is 2.30. The van der Waals surface area contributed by atoms with Crippen molar-refractivity contribution < 1.29 is 29.2 Å². The fraction of sp³-hybridized carbons (Fsp3) is 0.174. The van der Waals surface area contributed by atoms with Gasteiger partial charge in [0.2, 0.25) is 0 Å². The van der Waals surface area contributed by atoms with E-state index in [4.69, 9.17) is 4.74 Å². The number of nitrogens with zero attached hydrogens (tertiary/aromatic N) is 4. The van der Waals surface area contributed by atoms with E-state index in [2.05, 4.69) is 20.6 Å². The van der Waals surface area contributed by atoms with Crippen LogP contribution >= 0.6 is 0 Å². The van der Waals surface area contributed by atoms with Crippen LogP contribution in [0.4, 0.5) is 21.9 Å². The number of carboxylic acid groups (broad SMARTS) is 1. The summed E-state index contributed by atoms with van der Waals surface area (Å²) < 4.78 is 6.50. The molecule has 1 unspecified atom stereocenters. The van der Waals surface area contributed by atoms with Gasteiger partial charge in [0, 0.05) is 18.8 Å². The maximum Gasteiger partial charge on any atom is 0.407 e. The summed E-state index contributed by atoms with van der Waals surface area (Å²) in [5.74, 6) is -1.39. The fourth-order valence-corrected chi connectivity index (χ4v) is 3.56. The molecule has 1 amide bonds. The van der Waals surface area contributed by atoms with Crippen LogP contribution in [-0.4, -0.2) is 56.2 Å². The van der Waals surface area contributed by atoms with E-state index in [0.717, 1.165) is 5.56 Å². The van der Waals surface area contributed by atoms with Crippen LogP contribution in [0.5, 0.6) is 0 Å². The van der Waals surface area contributed by atoms with Gasteiger partial charge in [-0.05, 0) is 18.1 Å². The topological polar surface area (TPSA) is 178 Å². The third-order valence-electron chi connectivity index (χ3n) is 5.28. The first-order chi connectivity index (χ1) is 17.4. The van der Waals surface area contributed by atoms with Crippen molar-refractivity contribution in [3.8, 4) is 5.69 Å². The van der Waals surface area contributed by atoms with Crippen molar-refractivity contribution in [3.05, 3.63) is 76.4 Å². The van der Waals surface area contributed by atoms with Gasteiger partial charge in [0.25, 0.3) is 5.69 Å². The molecule has 0 spiro atoms. The number of anilines is 1. The molecule has 1 atom stereocenters. The van der Waals surface area contributed by atoms with Gasteiger partial charge in [-0.15, -0.1) is 0 Å². The number of fused-ring (bicyclic) bond motifs is 1. The van der Waals surface area contributed by atoms with E-state index in [1.165, 1.54) is 29.2 Å². The number of alkyl carbamates (subject to hydrolysis) is 1. The zero-order valence-corrected chi connectivity index (χ0v) is 18.7. The monoisotopic (exact) mass is 492 g/mol. The van der Waals surface area contributed by atoms with Crippen molar-refractivity contribution in [3.63, 3.8) is 0 Å².